The Hall–Kier alpha value is -1.39. The Morgan fingerprint density at radius 3 is 2.42 bits per heavy atom. The zero-order valence-electron chi connectivity index (χ0n) is 14.5. The number of hydrogen-bond acceptors (Lipinski definition) is 3. The van der Waals surface area contributed by atoms with Gasteiger partial charge in [-0.05, 0) is 50.3 Å². The molecule has 0 spiro atoms. The molecule has 0 bridgehead atoms. The molecule has 1 aliphatic heterocycles. The fourth-order valence-corrected chi connectivity index (χ4v) is 4.07. The first-order chi connectivity index (χ1) is 11.7. The SMILES string of the molecule is O=C(CN1CCC(C(O)c2ccccc2)CC1)NC1CCCCC1. The van der Waals surface area contributed by atoms with E-state index in [1.165, 1.54) is 19.3 Å². The summed E-state index contributed by atoms with van der Waals surface area (Å²) in [7, 11) is 0. The van der Waals surface area contributed by atoms with Crippen molar-refractivity contribution in [3.05, 3.63) is 35.9 Å². The number of amides is 1. The van der Waals surface area contributed by atoms with Crippen molar-refractivity contribution in [2.24, 2.45) is 5.92 Å². The van der Waals surface area contributed by atoms with E-state index in [1.54, 1.807) is 0 Å². The summed E-state index contributed by atoms with van der Waals surface area (Å²) in [5, 5.41) is 13.7. The Bertz CT molecular complexity index is 506. The number of likely N-dealkylation sites (tertiary alicyclic amines) is 1. The summed E-state index contributed by atoms with van der Waals surface area (Å²) in [5.41, 5.74) is 1.01. The van der Waals surface area contributed by atoms with Gasteiger partial charge in [-0.15, -0.1) is 0 Å². The van der Waals surface area contributed by atoms with E-state index in [4.69, 9.17) is 0 Å². The van der Waals surface area contributed by atoms with Crippen LogP contribution >= 0.6 is 0 Å². The van der Waals surface area contributed by atoms with Crippen molar-refractivity contribution in [2.75, 3.05) is 19.6 Å². The van der Waals surface area contributed by atoms with Crippen molar-refractivity contribution in [1.29, 1.82) is 0 Å². The molecular formula is C20H30N2O2. The van der Waals surface area contributed by atoms with Crippen LogP contribution in [0, 0.1) is 5.92 Å². The van der Waals surface area contributed by atoms with Gasteiger partial charge in [-0.3, -0.25) is 9.69 Å². The van der Waals surface area contributed by atoms with Crippen LogP contribution in [0.5, 0.6) is 0 Å². The van der Waals surface area contributed by atoms with Gasteiger partial charge < -0.3 is 10.4 Å². The summed E-state index contributed by atoms with van der Waals surface area (Å²) in [6.07, 6.45) is 7.59. The summed E-state index contributed by atoms with van der Waals surface area (Å²) in [5.74, 6) is 0.467. The lowest BCUT2D eigenvalue weighted by atomic mass is 9.87. The predicted molar refractivity (Wildman–Crippen MR) is 95.6 cm³/mol. The van der Waals surface area contributed by atoms with Gasteiger partial charge in [0.15, 0.2) is 0 Å². The van der Waals surface area contributed by atoms with Crippen LogP contribution in [0.2, 0.25) is 0 Å². The molecule has 2 fully saturated rings. The third kappa shape index (κ3) is 4.81. The highest BCUT2D eigenvalue weighted by Gasteiger charge is 2.27. The van der Waals surface area contributed by atoms with E-state index in [9.17, 15) is 9.90 Å². The number of aliphatic hydroxyl groups is 1. The molecule has 0 radical (unpaired) electrons. The summed E-state index contributed by atoms with van der Waals surface area (Å²) < 4.78 is 0. The Balaban J connectivity index is 1.41. The maximum atomic E-state index is 12.2. The predicted octanol–water partition coefficient (Wildman–Crippen LogP) is 2.88. The highest BCUT2D eigenvalue weighted by molar-refractivity contribution is 5.78. The molecule has 24 heavy (non-hydrogen) atoms. The molecule has 2 N–H and O–H groups in total. The molecule has 1 aromatic rings. The summed E-state index contributed by atoms with van der Waals surface area (Å²) in [6.45, 7) is 2.30. The summed E-state index contributed by atoms with van der Waals surface area (Å²) in [4.78, 5) is 14.4. The molecule has 3 rings (SSSR count). The topological polar surface area (TPSA) is 52.6 Å². The van der Waals surface area contributed by atoms with Crippen LogP contribution in [0.4, 0.5) is 0 Å². The van der Waals surface area contributed by atoms with E-state index >= 15 is 0 Å². The number of nitrogens with zero attached hydrogens (tertiary/aromatic N) is 1. The molecule has 1 saturated heterocycles. The zero-order chi connectivity index (χ0) is 16.8. The number of benzene rings is 1. The van der Waals surface area contributed by atoms with Gasteiger partial charge in [-0.1, -0.05) is 49.6 Å². The second-order valence-corrected chi connectivity index (χ2v) is 7.37. The van der Waals surface area contributed by atoms with Gasteiger partial charge in [0.2, 0.25) is 5.91 Å². The van der Waals surface area contributed by atoms with E-state index in [2.05, 4.69) is 10.2 Å². The smallest absolute Gasteiger partial charge is 0.234 e. The minimum absolute atomic E-state index is 0.170. The van der Waals surface area contributed by atoms with E-state index in [0.717, 1.165) is 44.3 Å². The van der Waals surface area contributed by atoms with Crippen LogP contribution in [-0.2, 0) is 4.79 Å². The van der Waals surface area contributed by atoms with E-state index in [-0.39, 0.29) is 12.0 Å². The third-order valence-electron chi connectivity index (χ3n) is 5.56. The highest BCUT2D eigenvalue weighted by Crippen LogP contribution is 2.30. The monoisotopic (exact) mass is 330 g/mol. The molecule has 0 aromatic heterocycles. The standard InChI is InChI=1S/C20H30N2O2/c23-19(21-18-9-5-2-6-10-18)15-22-13-11-17(12-14-22)20(24)16-7-3-1-4-8-16/h1,3-4,7-8,17-18,20,24H,2,5-6,9-15H2,(H,21,23). The molecule has 4 nitrogen and oxygen atoms in total. The van der Waals surface area contributed by atoms with Gasteiger partial charge in [-0.2, -0.15) is 0 Å². The number of piperidine rings is 1. The molecular weight excluding hydrogens is 300 g/mol. The van der Waals surface area contributed by atoms with Gasteiger partial charge in [0.1, 0.15) is 0 Å². The number of hydrogen-bond donors (Lipinski definition) is 2. The van der Waals surface area contributed by atoms with Crippen LogP contribution < -0.4 is 5.32 Å². The van der Waals surface area contributed by atoms with Gasteiger partial charge in [0, 0.05) is 6.04 Å². The molecule has 1 aromatic carbocycles. The van der Waals surface area contributed by atoms with Gasteiger partial charge in [-0.25, -0.2) is 0 Å². The Kier molecular flexibility index (Phi) is 6.27. The molecule has 132 valence electrons. The van der Waals surface area contributed by atoms with E-state index in [0.29, 0.717) is 18.5 Å². The van der Waals surface area contributed by atoms with Crippen LogP contribution in [-0.4, -0.2) is 41.6 Å². The van der Waals surface area contributed by atoms with E-state index < -0.39 is 0 Å². The first kappa shape index (κ1) is 17.4. The maximum absolute atomic E-state index is 12.2. The Morgan fingerprint density at radius 2 is 1.75 bits per heavy atom. The highest BCUT2D eigenvalue weighted by atomic mass is 16.3. The van der Waals surface area contributed by atoms with Crippen molar-refractivity contribution >= 4 is 5.91 Å². The first-order valence-electron chi connectivity index (χ1n) is 9.47. The van der Waals surface area contributed by atoms with Crippen molar-refractivity contribution in [1.82, 2.24) is 10.2 Å². The summed E-state index contributed by atoms with van der Waals surface area (Å²) >= 11 is 0. The van der Waals surface area contributed by atoms with Crippen molar-refractivity contribution in [3.63, 3.8) is 0 Å². The second kappa shape index (κ2) is 8.63. The quantitative estimate of drug-likeness (QED) is 0.873. The van der Waals surface area contributed by atoms with Gasteiger partial charge >= 0.3 is 0 Å². The number of carbonyl (C=O) groups excluding carboxylic acids is 1. The molecule has 1 aliphatic carbocycles. The molecule has 1 amide bonds. The molecule has 1 saturated carbocycles. The fraction of sp³-hybridized carbons (Fsp3) is 0.650. The van der Waals surface area contributed by atoms with Gasteiger partial charge in [0.05, 0.1) is 12.6 Å². The Labute approximate surface area is 145 Å². The maximum Gasteiger partial charge on any atom is 0.234 e. The minimum Gasteiger partial charge on any atom is -0.388 e. The second-order valence-electron chi connectivity index (χ2n) is 7.37. The average molecular weight is 330 g/mol. The Morgan fingerprint density at radius 1 is 1.08 bits per heavy atom. The van der Waals surface area contributed by atoms with Gasteiger partial charge in [0.25, 0.3) is 0 Å². The van der Waals surface area contributed by atoms with E-state index in [1.807, 2.05) is 30.3 Å². The lowest BCUT2D eigenvalue weighted by Gasteiger charge is -2.34. The lowest BCUT2D eigenvalue weighted by Crippen LogP contribution is -2.45. The summed E-state index contributed by atoms with van der Waals surface area (Å²) in [6, 6.07) is 10.3. The first-order valence-corrected chi connectivity index (χ1v) is 9.47. The van der Waals surface area contributed by atoms with Crippen molar-refractivity contribution < 1.29 is 9.90 Å². The minimum atomic E-state index is -0.385. The van der Waals surface area contributed by atoms with Crippen LogP contribution in [0.3, 0.4) is 0 Å². The van der Waals surface area contributed by atoms with Crippen LogP contribution in [0.25, 0.3) is 0 Å². The van der Waals surface area contributed by atoms with Crippen molar-refractivity contribution in [3.8, 4) is 0 Å². The molecule has 2 aliphatic rings. The molecule has 4 heteroatoms. The third-order valence-corrected chi connectivity index (χ3v) is 5.56. The molecule has 1 atom stereocenters. The van der Waals surface area contributed by atoms with Crippen molar-refractivity contribution in [2.45, 2.75) is 57.1 Å². The fourth-order valence-electron chi connectivity index (χ4n) is 4.07. The number of carbonyl (C=O) groups is 1. The number of rotatable bonds is 5. The molecule has 1 unspecified atom stereocenters. The normalized spacial score (nSPS) is 22.2. The average Bonchev–Trinajstić information content (AvgIpc) is 2.63. The van der Waals surface area contributed by atoms with Crippen LogP contribution in [0.1, 0.15) is 56.6 Å². The lowest BCUT2D eigenvalue weighted by molar-refractivity contribution is -0.123. The molecule has 1 heterocycles. The van der Waals surface area contributed by atoms with Crippen LogP contribution in [0.15, 0.2) is 30.3 Å². The largest absolute Gasteiger partial charge is 0.388 e. The number of aliphatic hydroxyl groups excluding tert-OH is 1. The zero-order valence-corrected chi connectivity index (χ0v) is 14.5. The number of nitrogens with one attached hydrogen (secondary N) is 1.